The normalized spacial score (nSPS) is 13.2. The number of sulfonamides is 1. The molecular weight excluding hydrogens is 328 g/mol. The summed E-state index contributed by atoms with van der Waals surface area (Å²) in [6, 6.07) is 14.0. The highest BCUT2D eigenvalue weighted by atomic mass is 32.2. The zero-order chi connectivity index (χ0) is 17.2. The molecule has 3 rings (SSSR count). The van der Waals surface area contributed by atoms with Crippen molar-refractivity contribution in [1.29, 1.82) is 0 Å². The van der Waals surface area contributed by atoms with E-state index < -0.39 is 15.8 Å². The first-order valence-corrected chi connectivity index (χ1v) is 9.11. The van der Waals surface area contributed by atoms with Gasteiger partial charge in [0.2, 0.25) is 10.0 Å². The molecule has 0 spiro atoms. The standard InChI is InChI=1S/C17H18N2O4S/c1-12(7-8-13-5-3-2-4-6-13)19-24(21,22)14-9-10-15-16(11-14)23-17(20)18-15/h2-6,9-12,19H,7-8H2,1H3,(H,18,20)/t12-/m0/s1. The van der Waals surface area contributed by atoms with Crippen molar-refractivity contribution in [2.45, 2.75) is 30.7 Å². The van der Waals surface area contributed by atoms with E-state index in [1.165, 1.54) is 23.8 Å². The van der Waals surface area contributed by atoms with Gasteiger partial charge in [-0.25, -0.2) is 17.9 Å². The van der Waals surface area contributed by atoms with Gasteiger partial charge in [0.05, 0.1) is 10.4 Å². The highest BCUT2D eigenvalue weighted by Gasteiger charge is 2.18. The van der Waals surface area contributed by atoms with Crippen molar-refractivity contribution in [1.82, 2.24) is 9.71 Å². The fourth-order valence-corrected chi connectivity index (χ4v) is 3.81. The zero-order valence-corrected chi connectivity index (χ0v) is 14.0. The largest absolute Gasteiger partial charge is 0.417 e. The second kappa shape index (κ2) is 6.62. The van der Waals surface area contributed by atoms with Crippen molar-refractivity contribution in [2.75, 3.05) is 0 Å². The molecule has 0 saturated carbocycles. The van der Waals surface area contributed by atoms with Crippen LogP contribution in [-0.4, -0.2) is 19.4 Å². The van der Waals surface area contributed by atoms with Crippen molar-refractivity contribution in [3.8, 4) is 0 Å². The number of oxazole rings is 1. The fourth-order valence-electron chi connectivity index (χ4n) is 2.51. The lowest BCUT2D eigenvalue weighted by Crippen LogP contribution is -2.32. The second-order valence-corrected chi connectivity index (χ2v) is 7.43. The molecule has 0 aliphatic carbocycles. The molecule has 6 nitrogen and oxygen atoms in total. The number of rotatable bonds is 6. The lowest BCUT2D eigenvalue weighted by Gasteiger charge is -2.14. The van der Waals surface area contributed by atoms with E-state index >= 15 is 0 Å². The smallest absolute Gasteiger partial charge is 0.408 e. The molecule has 1 atom stereocenters. The quantitative estimate of drug-likeness (QED) is 0.717. The van der Waals surface area contributed by atoms with Gasteiger partial charge in [0.25, 0.3) is 0 Å². The molecule has 1 heterocycles. The maximum atomic E-state index is 12.5. The maximum absolute atomic E-state index is 12.5. The van der Waals surface area contributed by atoms with Crippen LogP contribution in [0.25, 0.3) is 11.1 Å². The summed E-state index contributed by atoms with van der Waals surface area (Å²) in [6.07, 6.45) is 1.47. The summed E-state index contributed by atoms with van der Waals surface area (Å²) in [5.74, 6) is -0.608. The van der Waals surface area contributed by atoms with E-state index in [-0.39, 0.29) is 16.5 Å². The van der Waals surface area contributed by atoms with Gasteiger partial charge < -0.3 is 4.42 Å². The number of aromatic amines is 1. The Morgan fingerprint density at radius 1 is 1.17 bits per heavy atom. The molecule has 0 radical (unpaired) electrons. The number of benzene rings is 2. The molecule has 2 N–H and O–H groups in total. The fraction of sp³-hybridized carbons (Fsp3) is 0.235. The summed E-state index contributed by atoms with van der Waals surface area (Å²) in [6.45, 7) is 1.83. The molecule has 0 bridgehead atoms. The first kappa shape index (κ1) is 16.5. The van der Waals surface area contributed by atoms with Gasteiger partial charge in [-0.15, -0.1) is 0 Å². The Morgan fingerprint density at radius 3 is 2.67 bits per heavy atom. The van der Waals surface area contributed by atoms with Gasteiger partial charge in [0, 0.05) is 12.1 Å². The van der Waals surface area contributed by atoms with Gasteiger partial charge >= 0.3 is 5.76 Å². The molecule has 0 aliphatic heterocycles. The minimum atomic E-state index is -3.67. The van der Waals surface area contributed by atoms with Gasteiger partial charge in [-0.2, -0.15) is 0 Å². The van der Waals surface area contributed by atoms with Crippen molar-refractivity contribution in [3.63, 3.8) is 0 Å². The molecule has 3 aromatic rings. The SMILES string of the molecule is C[C@@H](CCc1ccccc1)NS(=O)(=O)c1ccc2[nH]c(=O)oc2c1. The second-order valence-electron chi connectivity index (χ2n) is 5.72. The van der Waals surface area contributed by atoms with Crippen molar-refractivity contribution in [2.24, 2.45) is 0 Å². The van der Waals surface area contributed by atoms with E-state index in [1.54, 1.807) is 0 Å². The highest BCUT2D eigenvalue weighted by molar-refractivity contribution is 7.89. The molecule has 24 heavy (non-hydrogen) atoms. The van der Waals surface area contributed by atoms with Gasteiger partial charge in [0.1, 0.15) is 0 Å². The first-order chi connectivity index (χ1) is 11.4. The summed E-state index contributed by atoms with van der Waals surface area (Å²) >= 11 is 0. The van der Waals surface area contributed by atoms with Crippen LogP contribution in [0.2, 0.25) is 0 Å². The van der Waals surface area contributed by atoms with Gasteiger partial charge in [-0.3, -0.25) is 4.98 Å². The third-order valence-electron chi connectivity index (χ3n) is 3.77. The summed E-state index contributed by atoms with van der Waals surface area (Å²) in [5.41, 5.74) is 1.86. The van der Waals surface area contributed by atoms with Gasteiger partial charge in [0.15, 0.2) is 5.58 Å². The van der Waals surface area contributed by atoms with Crippen molar-refractivity contribution >= 4 is 21.1 Å². The third-order valence-corrected chi connectivity index (χ3v) is 5.36. The molecule has 0 fully saturated rings. The first-order valence-electron chi connectivity index (χ1n) is 7.63. The number of H-pyrrole nitrogens is 1. The number of aromatic nitrogens is 1. The minimum absolute atomic E-state index is 0.0734. The van der Waals surface area contributed by atoms with E-state index in [0.717, 1.165) is 6.42 Å². The molecule has 2 aromatic carbocycles. The average Bonchev–Trinajstić information content (AvgIpc) is 2.92. The zero-order valence-electron chi connectivity index (χ0n) is 13.2. The molecule has 0 aliphatic rings. The minimum Gasteiger partial charge on any atom is -0.408 e. The Bertz CT molecular complexity index is 990. The topological polar surface area (TPSA) is 92.2 Å². The van der Waals surface area contributed by atoms with Gasteiger partial charge in [-0.1, -0.05) is 30.3 Å². The Hall–Kier alpha value is -2.38. The summed E-state index contributed by atoms with van der Waals surface area (Å²) < 4.78 is 32.5. The van der Waals surface area contributed by atoms with Crippen LogP contribution in [0.3, 0.4) is 0 Å². The molecule has 126 valence electrons. The van der Waals surface area contributed by atoms with Crippen LogP contribution in [0.1, 0.15) is 18.9 Å². The van der Waals surface area contributed by atoms with Crippen LogP contribution in [0.15, 0.2) is 62.6 Å². The van der Waals surface area contributed by atoms with Crippen LogP contribution in [0.5, 0.6) is 0 Å². The summed E-state index contributed by atoms with van der Waals surface area (Å²) in [4.78, 5) is 13.7. The van der Waals surface area contributed by atoms with E-state index in [1.807, 2.05) is 37.3 Å². The van der Waals surface area contributed by atoms with Crippen molar-refractivity contribution < 1.29 is 12.8 Å². The molecule has 0 unspecified atom stereocenters. The van der Waals surface area contributed by atoms with E-state index in [4.69, 9.17) is 4.42 Å². The average molecular weight is 346 g/mol. The lowest BCUT2D eigenvalue weighted by atomic mass is 10.1. The molecule has 7 heteroatoms. The molecule has 1 aromatic heterocycles. The van der Waals surface area contributed by atoms with Gasteiger partial charge in [-0.05, 0) is 37.5 Å². The number of nitrogens with one attached hydrogen (secondary N) is 2. The Labute approximate surface area is 139 Å². The van der Waals surface area contributed by atoms with E-state index in [0.29, 0.717) is 11.9 Å². The number of hydrogen-bond acceptors (Lipinski definition) is 4. The predicted octanol–water partition coefficient (Wildman–Crippen LogP) is 2.42. The van der Waals surface area contributed by atoms with Crippen LogP contribution in [0.4, 0.5) is 0 Å². The Morgan fingerprint density at radius 2 is 1.92 bits per heavy atom. The van der Waals surface area contributed by atoms with E-state index in [2.05, 4.69) is 9.71 Å². The molecule has 0 saturated heterocycles. The van der Waals surface area contributed by atoms with Crippen molar-refractivity contribution in [3.05, 3.63) is 64.6 Å². The monoisotopic (exact) mass is 346 g/mol. The lowest BCUT2D eigenvalue weighted by molar-refractivity contribution is 0.543. The maximum Gasteiger partial charge on any atom is 0.417 e. The van der Waals surface area contributed by atoms with Crippen LogP contribution in [-0.2, 0) is 16.4 Å². The van der Waals surface area contributed by atoms with Crippen LogP contribution < -0.4 is 10.5 Å². The number of fused-ring (bicyclic) bond motifs is 1. The Balaban J connectivity index is 1.70. The molecule has 0 amide bonds. The van der Waals surface area contributed by atoms with Crippen LogP contribution >= 0.6 is 0 Å². The summed E-state index contributed by atoms with van der Waals surface area (Å²) in [7, 11) is -3.67. The Kier molecular flexibility index (Phi) is 4.55. The predicted molar refractivity (Wildman–Crippen MR) is 91.4 cm³/mol. The van der Waals surface area contributed by atoms with E-state index in [9.17, 15) is 13.2 Å². The summed E-state index contributed by atoms with van der Waals surface area (Å²) in [5, 5.41) is 0. The third kappa shape index (κ3) is 3.74. The number of hydrogen-bond donors (Lipinski definition) is 2. The van der Waals surface area contributed by atoms with Crippen LogP contribution in [0, 0.1) is 0 Å². The molecular formula is C17H18N2O4S. The number of aryl methyl sites for hydroxylation is 1. The highest BCUT2D eigenvalue weighted by Crippen LogP contribution is 2.17.